The third-order valence-electron chi connectivity index (χ3n) is 2.78. The van der Waals surface area contributed by atoms with E-state index in [1.807, 2.05) is 0 Å². The van der Waals surface area contributed by atoms with Crippen LogP contribution in [0.4, 0.5) is 0 Å². The van der Waals surface area contributed by atoms with E-state index in [2.05, 4.69) is 5.32 Å². The van der Waals surface area contributed by atoms with Gasteiger partial charge in [0.2, 0.25) is 0 Å². The number of carboxylic acids is 1. The summed E-state index contributed by atoms with van der Waals surface area (Å²) in [7, 11) is 0. The molecule has 2 aromatic carbocycles. The highest BCUT2D eigenvalue weighted by atomic mass is 16.4. The highest BCUT2D eigenvalue weighted by molar-refractivity contribution is 5.94. The Kier molecular flexibility index (Phi) is 4.00. The summed E-state index contributed by atoms with van der Waals surface area (Å²) in [6, 6.07) is 12.2. The number of aromatic carboxylic acids is 1. The van der Waals surface area contributed by atoms with Crippen molar-refractivity contribution in [3.63, 3.8) is 0 Å². The fraction of sp³-hybridized carbons (Fsp3) is 0.0667. The van der Waals surface area contributed by atoms with E-state index < -0.39 is 5.97 Å². The predicted octanol–water partition coefficient (Wildman–Crippen LogP) is 2.02. The molecule has 0 heterocycles. The summed E-state index contributed by atoms with van der Waals surface area (Å²) in [5.74, 6) is -1.14. The van der Waals surface area contributed by atoms with Crippen molar-refractivity contribution < 1.29 is 19.8 Å². The van der Waals surface area contributed by atoms with Gasteiger partial charge in [-0.25, -0.2) is 4.79 Å². The number of nitrogens with one attached hydrogen (secondary N) is 1. The fourth-order valence-electron chi connectivity index (χ4n) is 1.66. The number of benzene rings is 2. The van der Waals surface area contributed by atoms with E-state index in [1.54, 1.807) is 12.1 Å². The minimum Gasteiger partial charge on any atom is -0.508 e. The van der Waals surface area contributed by atoms with E-state index >= 15 is 0 Å². The van der Waals surface area contributed by atoms with E-state index in [-0.39, 0.29) is 17.2 Å². The number of hydrogen-bond acceptors (Lipinski definition) is 3. The molecule has 5 nitrogen and oxygen atoms in total. The van der Waals surface area contributed by atoms with Gasteiger partial charge in [-0.05, 0) is 42.0 Å². The smallest absolute Gasteiger partial charge is 0.335 e. The molecule has 2 rings (SSSR count). The van der Waals surface area contributed by atoms with Crippen LogP contribution < -0.4 is 5.32 Å². The number of aromatic hydroxyl groups is 1. The molecule has 0 saturated heterocycles. The molecule has 0 atom stereocenters. The van der Waals surface area contributed by atoms with Crippen LogP contribution in [-0.4, -0.2) is 22.1 Å². The minimum atomic E-state index is -0.982. The number of carbonyl (C=O) groups is 2. The molecule has 0 aliphatic carbocycles. The summed E-state index contributed by atoms with van der Waals surface area (Å²) < 4.78 is 0. The molecule has 0 saturated carbocycles. The lowest BCUT2D eigenvalue weighted by atomic mass is 10.1. The maximum Gasteiger partial charge on any atom is 0.335 e. The number of carbonyl (C=O) groups excluding carboxylic acids is 1. The zero-order chi connectivity index (χ0) is 14.5. The van der Waals surface area contributed by atoms with Crippen LogP contribution in [0.15, 0.2) is 48.5 Å². The lowest BCUT2D eigenvalue weighted by Crippen LogP contribution is -2.22. The normalized spacial score (nSPS) is 10.0. The standard InChI is InChI=1S/C15H13NO4/c17-13-7-5-11(6-8-13)14(18)16-9-10-1-3-12(4-2-10)15(19)20/h1-8,17H,9H2,(H,16,18)(H,19,20). The first-order valence-electron chi connectivity index (χ1n) is 5.96. The summed E-state index contributed by atoms with van der Waals surface area (Å²) >= 11 is 0. The maximum atomic E-state index is 11.8. The van der Waals surface area contributed by atoms with Gasteiger partial charge in [0.25, 0.3) is 5.91 Å². The van der Waals surface area contributed by atoms with Crippen LogP contribution in [0.5, 0.6) is 5.75 Å². The Labute approximate surface area is 115 Å². The molecule has 2 aromatic rings. The Morgan fingerprint density at radius 3 is 2.00 bits per heavy atom. The van der Waals surface area contributed by atoms with Crippen LogP contribution in [0.25, 0.3) is 0 Å². The highest BCUT2D eigenvalue weighted by Gasteiger charge is 2.06. The average molecular weight is 271 g/mol. The van der Waals surface area contributed by atoms with Crippen LogP contribution in [0.2, 0.25) is 0 Å². The maximum absolute atomic E-state index is 11.8. The molecule has 20 heavy (non-hydrogen) atoms. The van der Waals surface area contributed by atoms with Gasteiger partial charge in [0.05, 0.1) is 5.56 Å². The minimum absolute atomic E-state index is 0.103. The van der Waals surface area contributed by atoms with Gasteiger partial charge in [-0.3, -0.25) is 4.79 Å². The second-order valence-electron chi connectivity index (χ2n) is 4.23. The molecule has 3 N–H and O–H groups in total. The Morgan fingerprint density at radius 1 is 0.900 bits per heavy atom. The summed E-state index contributed by atoms with van der Waals surface area (Å²) in [4.78, 5) is 22.5. The Morgan fingerprint density at radius 2 is 1.45 bits per heavy atom. The van der Waals surface area contributed by atoms with Crippen molar-refractivity contribution in [1.29, 1.82) is 0 Å². The first-order chi connectivity index (χ1) is 9.56. The Bertz CT molecular complexity index is 617. The summed E-state index contributed by atoms with van der Waals surface area (Å²) in [6.07, 6.45) is 0. The quantitative estimate of drug-likeness (QED) is 0.794. The van der Waals surface area contributed by atoms with E-state index in [4.69, 9.17) is 10.2 Å². The molecule has 5 heteroatoms. The van der Waals surface area contributed by atoms with Gasteiger partial charge in [-0.2, -0.15) is 0 Å². The van der Waals surface area contributed by atoms with Crippen molar-refractivity contribution in [1.82, 2.24) is 5.32 Å². The third-order valence-corrected chi connectivity index (χ3v) is 2.78. The SMILES string of the molecule is O=C(O)c1ccc(CNC(=O)c2ccc(O)cc2)cc1. The van der Waals surface area contributed by atoms with E-state index in [9.17, 15) is 9.59 Å². The van der Waals surface area contributed by atoms with Crippen molar-refractivity contribution in [2.75, 3.05) is 0 Å². The van der Waals surface area contributed by atoms with Crippen molar-refractivity contribution in [2.24, 2.45) is 0 Å². The average Bonchev–Trinajstić information content (AvgIpc) is 2.46. The monoisotopic (exact) mass is 271 g/mol. The lowest BCUT2D eigenvalue weighted by Gasteiger charge is -2.06. The largest absolute Gasteiger partial charge is 0.508 e. The second kappa shape index (κ2) is 5.88. The molecular weight excluding hydrogens is 258 g/mol. The fourth-order valence-corrected chi connectivity index (χ4v) is 1.66. The van der Waals surface area contributed by atoms with Crippen LogP contribution in [0, 0.1) is 0 Å². The number of hydrogen-bond donors (Lipinski definition) is 3. The number of rotatable bonds is 4. The zero-order valence-electron chi connectivity index (χ0n) is 10.5. The molecule has 0 radical (unpaired) electrons. The van der Waals surface area contributed by atoms with Crippen LogP contribution >= 0.6 is 0 Å². The van der Waals surface area contributed by atoms with Gasteiger partial charge in [-0.15, -0.1) is 0 Å². The molecular formula is C15H13NO4. The molecule has 0 aliphatic rings. The molecule has 0 fully saturated rings. The summed E-state index contributed by atoms with van der Waals surface area (Å²) in [5.41, 5.74) is 1.46. The Balaban J connectivity index is 1.96. The number of phenolic OH excluding ortho intramolecular Hbond substituents is 1. The van der Waals surface area contributed by atoms with Gasteiger partial charge in [0, 0.05) is 12.1 Å². The van der Waals surface area contributed by atoms with Crippen molar-refractivity contribution in [2.45, 2.75) is 6.54 Å². The first kappa shape index (κ1) is 13.6. The number of carboxylic acid groups (broad SMARTS) is 1. The van der Waals surface area contributed by atoms with Crippen LogP contribution in [0.3, 0.4) is 0 Å². The van der Waals surface area contributed by atoms with Gasteiger partial charge in [0.1, 0.15) is 5.75 Å². The molecule has 1 amide bonds. The lowest BCUT2D eigenvalue weighted by molar-refractivity contribution is 0.0696. The summed E-state index contributed by atoms with van der Waals surface area (Å²) in [5, 5.41) is 20.6. The van der Waals surface area contributed by atoms with Crippen LogP contribution in [-0.2, 0) is 6.54 Å². The van der Waals surface area contributed by atoms with E-state index in [0.29, 0.717) is 12.1 Å². The predicted molar refractivity (Wildman–Crippen MR) is 72.7 cm³/mol. The van der Waals surface area contributed by atoms with Gasteiger partial charge in [0.15, 0.2) is 0 Å². The molecule has 0 unspecified atom stereocenters. The first-order valence-corrected chi connectivity index (χ1v) is 5.96. The van der Waals surface area contributed by atoms with Crippen molar-refractivity contribution >= 4 is 11.9 Å². The van der Waals surface area contributed by atoms with Crippen molar-refractivity contribution in [3.8, 4) is 5.75 Å². The summed E-state index contributed by atoms with van der Waals surface area (Å²) in [6.45, 7) is 0.305. The molecule has 0 aliphatic heterocycles. The van der Waals surface area contributed by atoms with Gasteiger partial charge in [-0.1, -0.05) is 12.1 Å². The highest BCUT2D eigenvalue weighted by Crippen LogP contribution is 2.10. The van der Waals surface area contributed by atoms with E-state index in [1.165, 1.54) is 36.4 Å². The Hall–Kier alpha value is -2.82. The van der Waals surface area contributed by atoms with Gasteiger partial charge >= 0.3 is 5.97 Å². The van der Waals surface area contributed by atoms with Gasteiger partial charge < -0.3 is 15.5 Å². The molecule has 0 aromatic heterocycles. The van der Waals surface area contributed by atoms with Crippen molar-refractivity contribution in [3.05, 3.63) is 65.2 Å². The topological polar surface area (TPSA) is 86.6 Å². The number of phenols is 1. The molecule has 102 valence electrons. The third kappa shape index (κ3) is 3.35. The second-order valence-corrected chi connectivity index (χ2v) is 4.23. The molecule has 0 spiro atoms. The number of amides is 1. The van der Waals surface area contributed by atoms with E-state index in [0.717, 1.165) is 5.56 Å². The zero-order valence-corrected chi connectivity index (χ0v) is 10.5. The van der Waals surface area contributed by atoms with Crippen LogP contribution in [0.1, 0.15) is 26.3 Å². The molecule has 0 bridgehead atoms.